The summed E-state index contributed by atoms with van der Waals surface area (Å²) in [6.45, 7) is 2.87. The van der Waals surface area contributed by atoms with Gasteiger partial charge in [-0.2, -0.15) is 4.57 Å². The van der Waals surface area contributed by atoms with E-state index in [9.17, 15) is 14.7 Å². The fourth-order valence-corrected chi connectivity index (χ4v) is 5.02. The van der Waals surface area contributed by atoms with Gasteiger partial charge in [0.2, 0.25) is 5.51 Å². The van der Waals surface area contributed by atoms with Gasteiger partial charge in [-0.3, -0.25) is 9.79 Å². The standard InChI is InChI=1S/C31H54N2O7S/c1-3-4-5-6-7-8-9-10-11-12-13-14-15-16-17-18-21-32-30(35)39-26-28(40-31(36)37-2)25-38-29(34)20-19-22-33-23-24-41-27-33/h23-24,27-28H,3-22,25-26H2,1-2H3. The van der Waals surface area contributed by atoms with E-state index in [1.165, 1.54) is 90.6 Å². The number of nitrogens with zero attached hydrogens (tertiary/aromatic N) is 2. The summed E-state index contributed by atoms with van der Waals surface area (Å²) in [4.78, 5) is 27.5. The summed E-state index contributed by atoms with van der Waals surface area (Å²) in [6, 6.07) is 0. The molecule has 0 fully saturated rings. The monoisotopic (exact) mass is 598 g/mol. The first kappa shape index (κ1) is 36.7. The molecule has 1 rings (SSSR count). The first-order valence-corrected chi connectivity index (χ1v) is 16.6. The van der Waals surface area contributed by atoms with Gasteiger partial charge < -0.3 is 24.1 Å². The van der Waals surface area contributed by atoms with Gasteiger partial charge in [0, 0.05) is 19.6 Å². The number of ether oxygens (including phenoxy) is 4. The molecular formula is C31H54N2O7S. The van der Waals surface area contributed by atoms with E-state index in [-0.39, 0.29) is 19.6 Å². The van der Waals surface area contributed by atoms with Gasteiger partial charge in [-0.25, -0.2) is 4.79 Å². The maximum Gasteiger partial charge on any atom is 0.508 e. The van der Waals surface area contributed by atoms with Crippen molar-refractivity contribution in [3.8, 4) is 0 Å². The Kier molecular flexibility index (Phi) is 23.7. The molecule has 0 radical (unpaired) electrons. The van der Waals surface area contributed by atoms with Crippen LogP contribution in [0.4, 0.5) is 4.79 Å². The minimum absolute atomic E-state index is 0.224. The maximum absolute atomic E-state index is 12.0. The molecule has 0 aliphatic carbocycles. The molecule has 0 aromatic carbocycles. The van der Waals surface area contributed by atoms with Crippen molar-refractivity contribution in [2.24, 2.45) is 4.99 Å². The highest BCUT2D eigenvalue weighted by Crippen LogP contribution is 2.13. The van der Waals surface area contributed by atoms with Crippen LogP contribution in [0, 0.1) is 0 Å². The normalized spacial score (nSPS) is 12.2. The molecule has 1 unspecified atom stereocenters. The fourth-order valence-electron chi connectivity index (χ4n) is 4.39. The van der Waals surface area contributed by atoms with E-state index < -0.39 is 24.3 Å². The van der Waals surface area contributed by atoms with Crippen molar-refractivity contribution < 1.29 is 38.2 Å². The predicted molar refractivity (Wildman–Crippen MR) is 160 cm³/mol. The number of hydrogen-bond donors (Lipinski definition) is 0. The Morgan fingerprint density at radius 3 is 1.93 bits per heavy atom. The Balaban J connectivity index is 2.05. The number of rotatable bonds is 26. The van der Waals surface area contributed by atoms with Crippen molar-refractivity contribution in [1.29, 1.82) is 0 Å². The summed E-state index contributed by atoms with van der Waals surface area (Å²) in [5.41, 5.74) is 1.96. The summed E-state index contributed by atoms with van der Waals surface area (Å²) in [5.74, 6) is -0.418. The molecule has 1 aromatic heterocycles. The number of aryl methyl sites for hydroxylation is 1. The van der Waals surface area contributed by atoms with Crippen LogP contribution in [0.5, 0.6) is 0 Å². The Morgan fingerprint density at radius 1 is 0.829 bits per heavy atom. The largest absolute Gasteiger partial charge is 0.596 e. The summed E-state index contributed by atoms with van der Waals surface area (Å²) >= 11 is 1.58. The van der Waals surface area contributed by atoms with Gasteiger partial charge in [0.25, 0.3) is 0 Å². The smallest absolute Gasteiger partial charge is 0.508 e. The molecule has 0 aliphatic rings. The summed E-state index contributed by atoms with van der Waals surface area (Å²) in [7, 11) is 1.17. The number of methoxy groups -OCH3 is 1. The van der Waals surface area contributed by atoms with E-state index in [1.54, 1.807) is 11.3 Å². The lowest BCUT2D eigenvalue weighted by molar-refractivity contribution is -0.692. The molecule has 10 heteroatoms. The summed E-state index contributed by atoms with van der Waals surface area (Å²) in [5, 5.41) is 13.9. The highest BCUT2D eigenvalue weighted by molar-refractivity contribution is 7.07. The predicted octanol–water partition coefficient (Wildman–Crippen LogP) is 6.51. The van der Waals surface area contributed by atoms with Crippen molar-refractivity contribution in [2.75, 3.05) is 26.9 Å². The fraction of sp³-hybridized carbons (Fsp3) is 0.806. The minimum Gasteiger partial charge on any atom is -0.596 e. The number of thiazole rings is 1. The minimum atomic E-state index is -0.965. The average molecular weight is 599 g/mol. The van der Waals surface area contributed by atoms with Crippen LogP contribution in [0.15, 0.2) is 22.1 Å². The zero-order valence-electron chi connectivity index (χ0n) is 25.5. The molecule has 0 bridgehead atoms. The van der Waals surface area contributed by atoms with Crippen molar-refractivity contribution >= 4 is 29.5 Å². The number of esters is 1. The second-order valence-corrected chi connectivity index (χ2v) is 11.3. The van der Waals surface area contributed by atoms with Crippen molar-refractivity contribution in [3.63, 3.8) is 0 Å². The van der Waals surface area contributed by atoms with E-state index in [0.29, 0.717) is 19.5 Å². The molecule has 9 nitrogen and oxygen atoms in total. The Labute approximate surface area is 251 Å². The van der Waals surface area contributed by atoms with Gasteiger partial charge in [0.05, 0.1) is 18.9 Å². The molecule has 0 spiro atoms. The molecule has 1 aromatic rings. The molecule has 41 heavy (non-hydrogen) atoms. The van der Waals surface area contributed by atoms with Gasteiger partial charge in [0.1, 0.15) is 25.3 Å². The van der Waals surface area contributed by atoms with Gasteiger partial charge in [-0.15, -0.1) is 0 Å². The van der Waals surface area contributed by atoms with Gasteiger partial charge in [-0.1, -0.05) is 115 Å². The van der Waals surface area contributed by atoms with Crippen LogP contribution < -0.4 is 9.67 Å². The Hall–Kier alpha value is -2.36. The van der Waals surface area contributed by atoms with E-state index in [0.717, 1.165) is 19.3 Å². The van der Waals surface area contributed by atoms with E-state index in [1.807, 2.05) is 21.7 Å². The van der Waals surface area contributed by atoms with Crippen molar-refractivity contribution in [3.05, 3.63) is 17.1 Å². The lowest BCUT2D eigenvalue weighted by Gasteiger charge is -2.22. The van der Waals surface area contributed by atoms with Crippen LogP contribution in [0.1, 0.15) is 122 Å². The van der Waals surface area contributed by atoms with E-state index >= 15 is 0 Å². The lowest BCUT2D eigenvalue weighted by atomic mass is 10.0. The van der Waals surface area contributed by atoms with Crippen LogP contribution in [0.3, 0.4) is 0 Å². The second kappa shape index (κ2) is 26.5. The number of carbonyl (C=O) groups is 2. The average Bonchev–Trinajstić information content (AvgIpc) is 3.49. The molecule has 0 amide bonds. The van der Waals surface area contributed by atoms with Crippen molar-refractivity contribution in [2.45, 2.75) is 135 Å². The Bertz CT molecular complexity index is 789. The van der Waals surface area contributed by atoms with Crippen LogP contribution in [0.2, 0.25) is 0 Å². The summed E-state index contributed by atoms with van der Waals surface area (Å²) in [6.07, 6.45) is 20.8. The number of hydrogen-bond acceptors (Lipinski definition) is 9. The van der Waals surface area contributed by atoms with Gasteiger partial charge in [-0.05, 0) is 6.42 Å². The molecular weight excluding hydrogens is 544 g/mol. The molecule has 0 saturated carbocycles. The van der Waals surface area contributed by atoms with Gasteiger partial charge >= 0.3 is 12.1 Å². The quantitative estimate of drug-likeness (QED) is 0.0393. The highest BCUT2D eigenvalue weighted by Gasteiger charge is 2.17. The third-order valence-electron chi connectivity index (χ3n) is 6.83. The first-order chi connectivity index (χ1) is 20.0. The zero-order valence-corrected chi connectivity index (χ0v) is 26.3. The molecule has 236 valence electrons. The van der Waals surface area contributed by atoms with E-state index in [4.69, 9.17) is 14.2 Å². The molecule has 0 saturated heterocycles. The van der Waals surface area contributed by atoms with E-state index in [2.05, 4.69) is 16.7 Å². The number of aliphatic imine (C=N–C) groups is 1. The Morgan fingerprint density at radius 2 is 1.39 bits per heavy atom. The first-order valence-electron chi connectivity index (χ1n) is 15.7. The maximum atomic E-state index is 12.0. The van der Waals surface area contributed by atoms with Crippen LogP contribution in [0.25, 0.3) is 0 Å². The second-order valence-electron chi connectivity index (χ2n) is 10.5. The zero-order chi connectivity index (χ0) is 29.8. The summed E-state index contributed by atoms with van der Waals surface area (Å²) < 4.78 is 21.8. The molecule has 0 N–H and O–H groups in total. The molecule has 0 aliphatic heterocycles. The SMILES string of the molecule is CCCCCCCCCCCCCCCCCCN=C([O-])OCC(COC(=O)CCC[n+]1ccsc1)OC(=O)OC. The van der Waals surface area contributed by atoms with Crippen LogP contribution >= 0.6 is 11.3 Å². The molecule has 1 heterocycles. The number of unbranched alkanes of at least 4 members (excludes halogenated alkanes) is 15. The third kappa shape index (κ3) is 23.0. The van der Waals surface area contributed by atoms with Crippen LogP contribution in [-0.2, 0) is 30.3 Å². The highest BCUT2D eigenvalue weighted by atomic mass is 32.1. The lowest BCUT2D eigenvalue weighted by Crippen LogP contribution is -2.34. The van der Waals surface area contributed by atoms with Gasteiger partial charge in [0.15, 0.2) is 6.20 Å². The third-order valence-corrected chi connectivity index (χ3v) is 7.50. The number of aromatic nitrogens is 1. The molecule has 1 atom stereocenters. The number of carbonyl (C=O) groups excluding carboxylic acids is 2. The van der Waals surface area contributed by atoms with Crippen LogP contribution in [-0.4, -0.2) is 51.2 Å². The van der Waals surface area contributed by atoms with Crippen molar-refractivity contribution in [1.82, 2.24) is 0 Å². The topological polar surface area (TPSA) is 110 Å².